The van der Waals surface area contributed by atoms with Crippen molar-refractivity contribution in [3.63, 3.8) is 0 Å². The van der Waals surface area contributed by atoms with Crippen molar-refractivity contribution in [3.05, 3.63) is 57.6 Å². The molecular formula is C20H19Cl2NO4. The molecule has 3 rings (SSSR count). The smallest absolute Gasteiger partial charge is 0.264 e. The van der Waals surface area contributed by atoms with Crippen LogP contribution in [-0.2, 0) is 15.2 Å². The summed E-state index contributed by atoms with van der Waals surface area (Å²) in [6.45, 7) is 3.63. The van der Waals surface area contributed by atoms with E-state index < -0.39 is 11.5 Å². The molecule has 1 aliphatic heterocycles. The minimum absolute atomic E-state index is 0.153. The van der Waals surface area contributed by atoms with Crippen LogP contribution in [0.2, 0.25) is 10.0 Å². The number of Topliss-reactive ketones (excluding diaryl/α,β-unsaturated/α-hetero) is 1. The van der Waals surface area contributed by atoms with Crippen LogP contribution in [0.15, 0.2) is 36.4 Å². The number of hydrogen-bond donors (Lipinski definition) is 1. The van der Waals surface area contributed by atoms with E-state index in [1.807, 2.05) is 31.2 Å². The first kappa shape index (κ1) is 19.7. The maximum Gasteiger partial charge on any atom is 0.264 e. The fourth-order valence-electron chi connectivity index (χ4n) is 3.26. The van der Waals surface area contributed by atoms with Gasteiger partial charge >= 0.3 is 0 Å². The second-order valence-electron chi connectivity index (χ2n) is 6.61. The van der Waals surface area contributed by atoms with Crippen LogP contribution in [0.4, 0.5) is 5.69 Å². The maximum absolute atomic E-state index is 13.0. The van der Waals surface area contributed by atoms with Crippen molar-refractivity contribution in [1.82, 2.24) is 0 Å². The van der Waals surface area contributed by atoms with E-state index >= 15 is 0 Å². The Morgan fingerprint density at radius 2 is 1.78 bits per heavy atom. The molecule has 0 fully saturated rings. The van der Waals surface area contributed by atoms with Crippen LogP contribution >= 0.6 is 23.2 Å². The van der Waals surface area contributed by atoms with Crippen LogP contribution in [-0.4, -0.2) is 29.9 Å². The number of amides is 1. The van der Waals surface area contributed by atoms with Crippen LogP contribution in [0.25, 0.3) is 0 Å². The van der Waals surface area contributed by atoms with E-state index in [1.165, 1.54) is 17.9 Å². The first-order chi connectivity index (χ1) is 12.7. The number of benzene rings is 2. The Hall–Kier alpha value is -2.08. The summed E-state index contributed by atoms with van der Waals surface area (Å²) in [7, 11) is 0. The number of nitrogens with zero attached hydrogens (tertiary/aromatic N) is 1. The summed E-state index contributed by atoms with van der Waals surface area (Å²) in [4.78, 5) is 26.0. The Labute approximate surface area is 167 Å². The summed E-state index contributed by atoms with van der Waals surface area (Å²) in [6.07, 6.45) is -0.367. The van der Waals surface area contributed by atoms with E-state index in [1.54, 1.807) is 6.07 Å². The Bertz CT molecular complexity index is 898. The second-order valence-corrected chi connectivity index (χ2v) is 7.42. The van der Waals surface area contributed by atoms with E-state index in [0.29, 0.717) is 11.4 Å². The summed E-state index contributed by atoms with van der Waals surface area (Å²) >= 11 is 12.5. The van der Waals surface area contributed by atoms with E-state index in [4.69, 9.17) is 27.9 Å². The molecule has 0 saturated heterocycles. The molecule has 1 aliphatic rings. The van der Waals surface area contributed by atoms with Gasteiger partial charge in [0.1, 0.15) is 18.1 Å². The van der Waals surface area contributed by atoms with Gasteiger partial charge in [0.2, 0.25) is 0 Å². The topological polar surface area (TPSA) is 66.8 Å². The highest BCUT2D eigenvalue weighted by atomic mass is 35.5. The standard InChI is InChI=1S/C20H19Cl2NO4/c1-12-3-5-14(6-4-12)27-10-9-23-18-16(22)8-7-15(21)17(18)20(26,19(23)25)11-13(2)24/h3-8,26H,9-11H2,1-2H3. The fraction of sp³-hybridized carbons (Fsp3) is 0.300. The van der Waals surface area contributed by atoms with Crippen LogP contribution in [0.1, 0.15) is 24.5 Å². The number of ether oxygens (including phenoxy) is 1. The number of aryl methyl sites for hydroxylation is 1. The first-order valence-corrected chi connectivity index (χ1v) is 9.21. The predicted molar refractivity (Wildman–Crippen MR) is 105 cm³/mol. The molecule has 1 unspecified atom stereocenters. The van der Waals surface area contributed by atoms with Crippen molar-refractivity contribution in [2.24, 2.45) is 0 Å². The lowest BCUT2D eigenvalue weighted by Crippen LogP contribution is -2.43. The molecule has 0 radical (unpaired) electrons. The highest BCUT2D eigenvalue weighted by Crippen LogP contribution is 2.49. The minimum atomic E-state index is -2.02. The SMILES string of the molecule is CC(=O)CC1(O)C(=O)N(CCOc2ccc(C)cc2)c2c(Cl)ccc(Cl)c21. The molecule has 0 bridgehead atoms. The number of carbonyl (C=O) groups is 2. The van der Waals surface area contributed by atoms with Gasteiger partial charge in [0, 0.05) is 17.0 Å². The minimum Gasteiger partial charge on any atom is -0.492 e. The highest BCUT2D eigenvalue weighted by molar-refractivity contribution is 6.38. The number of hydrogen-bond acceptors (Lipinski definition) is 4. The summed E-state index contributed by atoms with van der Waals surface area (Å²) in [5.41, 5.74) is -0.410. The molecule has 1 amide bonds. The zero-order valence-corrected chi connectivity index (χ0v) is 16.5. The molecule has 1 heterocycles. The van der Waals surface area contributed by atoms with Crippen LogP contribution in [0.5, 0.6) is 5.75 Å². The lowest BCUT2D eigenvalue weighted by molar-refractivity contribution is -0.141. The quantitative estimate of drug-likeness (QED) is 0.788. The zero-order valence-electron chi connectivity index (χ0n) is 15.0. The lowest BCUT2D eigenvalue weighted by atomic mass is 9.90. The second kappa shape index (κ2) is 7.50. The number of halogens is 2. The average molecular weight is 408 g/mol. The number of anilines is 1. The van der Waals surface area contributed by atoms with Gasteiger partial charge in [0.05, 0.1) is 17.3 Å². The van der Waals surface area contributed by atoms with Crippen molar-refractivity contribution < 1.29 is 19.4 Å². The Morgan fingerprint density at radius 3 is 2.41 bits per heavy atom. The van der Waals surface area contributed by atoms with E-state index in [-0.39, 0.29) is 41.0 Å². The monoisotopic (exact) mass is 407 g/mol. The molecule has 5 nitrogen and oxygen atoms in total. The third-order valence-corrected chi connectivity index (χ3v) is 5.09. The van der Waals surface area contributed by atoms with Gasteiger partial charge < -0.3 is 14.7 Å². The molecule has 7 heteroatoms. The maximum atomic E-state index is 13.0. The predicted octanol–water partition coefficient (Wildman–Crippen LogP) is 3.89. The average Bonchev–Trinajstić information content (AvgIpc) is 2.82. The van der Waals surface area contributed by atoms with E-state index in [9.17, 15) is 14.7 Å². The molecule has 1 atom stereocenters. The van der Waals surface area contributed by atoms with Gasteiger partial charge in [-0.2, -0.15) is 0 Å². The summed E-state index contributed by atoms with van der Waals surface area (Å²) < 4.78 is 5.69. The molecule has 0 aliphatic carbocycles. The third kappa shape index (κ3) is 3.68. The van der Waals surface area contributed by atoms with Crippen LogP contribution in [0, 0.1) is 6.92 Å². The molecule has 2 aromatic rings. The van der Waals surface area contributed by atoms with Crippen LogP contribution < -0.4 is 9.64 Å². The van der Waals surface area contributed by atoms with E-state index in [2.05, 4.69) is 0 Å². The Kier molecular flexibility index (Phi) is 5.47. The van der Waals surface area contributed by atoms with Crippen molar-refractivity contribution >= 4 is 40.6 Å². The van der Waals surface area contributed by atoms with E-state index in [0.717, 1.165) is 5.56 Å². The third-order valence-electron chi connectivity index (χ3n) is 4.47. The molecule has 2 aromatic carbocycles. The normalized spacial score (nSPS) is 18.6. The van der Waals surface area contributed by atoms with Gasteiger partial charge in [-0.3, -0.25) is 9.59 Å². The number of ketones is 1. The highest BCUT2D eigenvalue weighted by Gasteiger charge is 2.52. The van der Waals surface area contributed by atoms with Gasteiger partial charge in [-0.1, -0.05) is 40.9 Å². The molecule has 0 spiro atoms. The van der Waals surface area contributed by atoms with Gasteiger partial charge in [-0.05, 0) is 38.1 Å². The lowest BCUT2D eigenvalue weighted by Gasteiger charge is -2.22. The largest absolute Gasteiger partial charge is 0.492 e. The summed E-state index contributed by atoms with van der Waals surface area (Å²) in [5, 5.41) is 11.5. The molecule has 0 saturated carbocycles. The Morgan fingerprint density at radius 1 is 1.15 bits per heavy atom. The van der Waals surface area contributed by atoms with Crippen molar-refractivity contribution in [3.8, 4) is 5.75 Å². The molecule has 0 aromatic heterocycles. The van der Waals surface area contributed by atoms with Crippen molar-refractivity contribution in [1.29, 1.82) is 0 Å². The van der Waals surface area contributed by atoms with Crippen molar-refractivity contribution in [2.75, 3.05) is 18.1 Å². The molecule has 1 N–H and O–H groups in total. The van der Waals surface area contributed by atoms with Gasteiger partial charge in [0.25, 0.3) is 5.91 Å². The summed E-state index contributed by atoms with van der Waals surface area (Å²) in [6, 6.07) is 10.6. The van der Waals surface area contributed by atoms with Crippen LogP contribution in [0.3, 0.4) is 0 Å². The molecule has 142 valence electrons. The van der Waals surface area contributed by atoms with Gasteiger partial charge in [-0.25, -0.2) is 0 Å². The number of aliphatic hydroxyl groups is 1. The summed E-state index contributed by atoms with van der Waals surface area (Å²) in [5.74, 6) is -0.288. The number of rotatable bonds is 6. The van der Waals surface area contributed by atoms with Gasteiger partial charge in [-0.15, -0.1) is 0 Å². The zero-order chi connectivity index (χ0) is 19.8. The van der Waals surface area contributed by atoms with Gasteiger partial charge in [0.15, 0.2) is 5.60 Å². The Balaban J connectivity index is 1.88. The number of fused-ring (bicyclic) bond motifs is 1. The molecule has 27 heavy (non-hydrogen) atoms. The fourth-order valence-corrected chi connectivity index (χ4v) is 3.83. The van der Waals surface area contributed by atoms with Crippen molar-refractivity contribution in [2.45, 2.75) is 25.9 Å². The number of carbonyl (C=O) groups excluding carboxylic acids is 2. The first-order valence-electron chi connectivity index (χ1n) is 8.46. The molecular weight excluding hydrogens is 389 g/mol.